The smallest absolute Gasteiger partial charge is 0.405 e. The lowest BCUT2D eigenvalue weighted by atomic mass is 9.88. The second-order valence-corrected chi connectivity index (χ2v) is 17.4. The average Bonchev–Trinajstić information content (AvgIpc) is 3.99. The number of aromatic nitrogens is 1. The van der Waals surface area contributed by atoms with E-state index in [2.05, 4.69) is 20.3 Å². The second kappa shape index (κ2) is 14.7. The average molecular weight is 756 g/mol. The molecule has 288 valence electrons. The molecule has 4 aliphatic rings. The van der Waals surface area contributed by atoms with E-state index in [0.717, 1.165) is 6.42 Å². The molecule has 2 aromatic rings. The van der Waals surface area contributed by atoms with Gasteiger partial charge in [-0.25, -0.2) is 18.2 Å². The molecule has 0 radical (unpaired) electrons. The van der Waals surface area contributed by atoms with E-state index in [9.17, 15) is 32.7 Å². The number of fused-ring (bicyclic) bond motifs is 3. The van der Waals surface area contributed by atoms with Crippen molar-refractivity contribution in [1.82, 2.24) is 25.2 Å². The SMILES string of the molecule is CCOc1cnc(O[C@@H]2C[C@H]3C(=O)N[C@]4(C(=O)NS(=O)(=O)C5(C)CC5)C[C@H]4/C=C\CC[C@@H](C)C[C@@H](C)[C@H](NC(=O)O)C(=O)N3C2)c2ccc(OC)cc12. The zero-order valence-corrected chi connectivity index (χ0v) is 31.5. The van der Waals surface area contributed by atoms with Gasteiger partial charge in [0.25, 0.3) is 5.91 Å². The molecule has 4 N–H and O–H groups in total. The molecule has 53 heavy (non-hydrogen) atoms. The number of pyridine rings is 1. The lowest BCUT2D eigenvalue weighted by molar-refractivity contribution is -0.142. The fourth-order valence-corrected chi connectivity index (χ4v) is 8.86. The maximum atomic E-state index is 14.4. The number of nitrogens with one attached hydrogen (secondary N) is 3. The molecule has 1 aromatic carbocycles. The molecule has 1 saturated heterocycles. The predicted octanol–water partition coefficient (Wildman–Crippen LogP) is 3.51. The maximum absolute atomic E-state index is 14.4. The first-order chi connectivity index (χ1) is 25.1. The first-order valence-corrected chi connectivity index (χ1v) is 19.7. The van der Waals surface area contributed by atoms with Crippen LogP contribution < -0.4 is 29.6 Å². The number of amides is 4. The third kappa shape index (κ3) is 7.73. The number of carbonyl (C=O) groups excluding carboxylic acids is 3. The van der Waals surface area contributed by atoms with E-state index < -0.39 is 74.1 Å². The summed E-state index contributed by atoms with van der Waals surface area (Å²) in [6.45, 7) is 7.58. The normalized spacial score (nSPS) is 30.4. The van der Waals surface area contributed by atoms with E-state index in [0.29, 0.717) is 54.6 Å². The molecule has 2 aliphatic carbocycles. The van der Waals surface area contributed by atoms with Crippen LogP contribution in [-0.2, 0) is 24.4 Å². The Hall–Kier alpha value is -4.60. The van der Waals surface area contributed by atoms with Crippen LogP contribution in [0.2, 0.25) is 0 Å². The Balaban J connectivity index is 1.35. The van der Waals surface area contributed by atoms with Gasteiger partial charge >= 0.3 is 6.09 Å². The Bertz CT molecular complexity index is 1920. The Labute approximate surface area is 309 Å². The second-order valence-electron chi connectivity index (χ2n) is 15.2. The van der Waals surface area contributed by atoms with Crippen molar-refractivity contribution in [1.29, 1.82) is 0 Å². The van der Waals surface area contributed by atoms with E-state index in [1.165, 1.54) is 11.1 Å². The fourth-order valence-electron chi connectivity index (χ4n) is 7.55. The molecule has 0 spiro atoms. The van der Waals surface area contributed by atoms with Gasteiger partial charge in [-0.1, -0.05) is 26.0 Å². The number of rotatable bonds is 9. The number of benzene rings is 1. The molecule has 16 heteroatoms. The summed E-state index contributed by atoms with van der Waals surface area (Å²) in [4.78, 5) is 60.4. The molecule has 0 unspecified atom stereocenters. The van der Waals surface area contributed by atoms with Crippen LogP contribution in [0.4, 0.5) is 4.79 Å². The predicted molar refractivity (Wildman–Crippen MR) is 194 cm³/mol. The van der Waals surface area contributed by atoms with E-state index >= 15 is 0 Å². The van der Waals surface area contributed by atoms with Crippen LogP contribution in [0.15, 0.2) is 36.5 Å². The number of carboxylic acid groups (broad SMARTS) is 1. The Kier molecular flexibility index (Phi) is 10.6. The molecule has 6 rings (SSSR count). The minimum Gasteiger partial charge on any atom is -0.497 e. The minimum atomic E-state index is -4.01. The van der Waals surface area contributed by atoms with Gasteiger partial charge < -0.3 is 34.9 Å². The molecule has 2 aliphatic heterocycles. The maximum Gasteiger partial charge on any atom is 0.405 e. The molecule has 1 aromatic heterocycles. The topological polar surface area (TPSA) is 203 Å². The summed E-state index contributed by atoms with van der Waals surface area (Å²) < 4.78 is 45.1. The molecule has 3 heterocycles. The highest BCUT2D eigenvalue weighted by atomic mass is 32.2. The van der Waals surface area contributed by atoms with Crippen molar-refractivity contribution < 1.29 is 46.9 Å². The summed E-state index contributed by atoms with van der Waals surface area (Å²) >= 11 is 0. The highest BCUT2D eigenvalue weighted by Gasteiger charge is 2.63. The van der Waals surface area contributed by atoms with Gasteiger partial charge in [-0.3, -0.25) is 19.1 Å². The van der Waals surface area contributed by atoms with E-state index in [4.69, 9.17) is 14.2 Å². The van der Waals surface area contributed by atoms with Crippen molar-refractivity contribution in [3.8, 4) is 17.4 Å². The van der Waals surface area contributed by atoms with Crippen molar-refractivity contribution in [2.24, 2.45) is 17.8 Å². The summed E-state index contributed by atoms with van der Waals surface area (Å²) in [5, 5.41) is 16.3. The highest BCUT2D eigenvalue weighted by molar-refractivity contribution is 7.91. The lowest BCUT2D eigenvalue weighted by Gasteiger charge is -2.32. The van der Waals surface area contributed by atoms with Gasteiger partial charge in [0.15, 0.2) is 0 Å². The van der Waals surface area contributed by atoms with Crippen molar-refractivity contribution in [3.05, 3.63) is 36.5 Å². The number of carbonyl (C=O) groups is 4. The van der Waals surface area contributed by atoms with Gasteiger partial charge in [0.05, 0.1) is 31.2 Å². The van der Waals surface area contributed by atoms with Crippen LogP contribution in [0, 0.1) is 17.8 Å². The van der Waals surface area contributed by atoms with Crippen molar-refractivity contribution in [2.75, 3.05) is 20.3 Å². The molecule has 0 bridgehead atoms. The molecular weight excluding hydrogens is 706 g/mol. The van der Waals surface area contributed by atoms with Gasteiger partial charge in [-0.05, 0) is 82.4 Å². The van der Waals surface area contributed by atoms with Crippen LogP contribution in [0.5, 0.6) is 17.4 Å². The van der Waals surface area contributed by atoms with Gasteiger partial charge in [-0.15, -0.1) is 0 Å². The molecular formula is C37H49N5O10S. The van der Waals surface area contributed by atoms with Crippen molar-refractivity contribution in [2.45, 2.75) is 101 Å². The molecule has 7 atom stereocenters. The minimum absolute atomic E-state index is 0.0107. The van der Waals surface area contributed by atoms with Crippen molar-refractivity contribution in [3.63, 3.8) is 0 Å². The van der Waals surface area contributed by atoms with Crippen molar-refractivity contribution >= 4 is 44.6 Å². The first-order valence-electron chi connectivity index (χ1n) is 18.2. The quantitative estimate of drug-likeness (QED) is 0.273. The summed E-state index contributed by atoms with van der Waals surface area (Å²) in [5.74, 6) is -1.53. The summed E-state index contributed by atoms with van der Waals surface area (Å²) in [6.07, 6.45) is 6.09. The van der Waals surface area contributed by atoms with Gasteiger partial charge in [0.2, 0.25) is 27.7 Å². The molecule has 2 saturated carbocycles. The van der Waals surface area contributed by atoms with Crippen LogP contribution in [0.25, 0.3) is 10.8 Å². The Morgan fingerprint density at radius 1 is 1.15 bits per heavy atom. The summed E-state index contributed by atoms with van der Waals surface area (Å²) in [6, 6.07) is 2.98. The largest absolute Gasteiger partial charge is 0.497 e. The van der Waals surface area contributed by atoms with Gasteiger partial charge in [-0.2, -0.15) is 0 Å². The Morgan fingerprint density at radius 3 is 2.58 bits per heavy atom. The summed E-state index contributed by atoms with van der Waals surface area (Å²) in [7, 11) is -2.46. The number of sulfonamides is 1. The van der Waals surface area contributed by atoms with Gasteiger partial charge in [0.1, 0.15) is 35.2 Å². The third-order valence-electron chi connectivity index (χ3n) is 11.1. The zero-order chi connectivity index (χ0) is 38.3. The zero-order valence-electron chi connectivity index (χ0n) is 30.7. The summed E-state index contributed by atoms with van der Waals surface area (Å²) in [5.41, 5.74) is -1.55. The monoisotopic (exact) mass is 755 g/mol. The Morgan fingerprint density at radius 2 is 1.91 bits per heavy atom. The number of hydrogen-bond donors (Lipinski definition) is 4. The first kappa shape index (κ1) is 38.1. The van der Waals surface area contributed by atoms with Crippen LogP contribution in [-0.4, -0.2) is 96.0 Å². The number of methoxy groups -OCH3 is 1. The number of allylic oxidation sites excluding steroid dienone is 1. The van der Waals surface area contributed by atoms with E-state index in [1.54, 1.807) is 32.2 Å². The third-order valence-corrected chi connectivity index (χ3v) is 13.3. The molecule has 4 amide bonds. The van der Waals surface area contributed by atoms with Gasteiger partial charge in [0, 0.05) is 23.1 Å². The highest BCUT2D eigenvalue weighted by Crippen LogP contribution is 2.47. The van der Waals surface area contributed by atoms with E-state index in [1.807, 2.05) is 32.9 Å². The molecule has 3 fully saturated rings. The van der Waals surface area contributed by atoms with Crippen LogP contribution in [0.3, 0.4) is 0 Å². The number of nitrogens with zero attached hydrogens (tertiary/aromatic N) is 2. The molecule has 15 nitrogen and oxygen atoms in total. The van der Waals surface area contributed by atoms with Crippen LogP contribution >= 0.6 is 0 Å². The fraction of sp³-hybridized carbons (Fsp3) is 0.595. The number of hydrogen-bond acceptors (Lipinski definition) is 10. The van der Waals surface area contributed by atoms with Crippen LogP contribution in [0.1, 0.15) is 72.6 Å². The van der Waals surface area contributed by atoms with E-state index in [-0.39, 0.29) is 31.2 Å². The standard InChI is InChI=1S/C37H49N5O10S/c1-6-51-29-19-38-32(26-12-11-24(50-5)16-27(26)29)52-25-17-28-31(43)40-37(34(45)41-53(48,49)36(4)13-14-36)18-23(37)10-8-7-9-21(2)15-22(3)30(39-35(46)47)33(44)42(28)20-25/h8,10-12,16,19,21-23,25,28,30,39H,6-7,9,13-15,17-18,20H2,1-5H3,(H,40,43)(H,41,45)(H,46,47)/b10-8-/t21-,22-,23-,25-,28+,30+,37-/m1/s1. The lowest BCUT2D eigenvalue weighted by Crippen LogP contribution is -2.59. The number of ether oxygens (including phenoxy) is 3.